The first-order valence-electron chi connectivity index (χ1n) is 9.55. The lowest BCUT2D eigenvalue weighted by molar-refractivity contribution is 0.583. The van der Waals surface area contributed by atoms with Gasteiger partial charge in [-0.05, 0) is 43.7 Å². The molecule has 0 aliphatic heterocycles. The molecular weight excluding hydrogens is 328 g/mol. The maximum atomic E-state index is 3.61. The van der Waals surface area contributed by atoms with Crippen LogP contribution in [-0.4, -0.2) is 11.1 Å². The van der Waals surface area contributed by atoms with Crippen molar-refractivity contribution >= 4 is 34.2 Å². The number of rotatable bonds is 9. The molecule has 25 heavy (non-hydrogen) atoms. The van der Waals surface area contributed by atoms with E-state index in [1.165, 1.54) is 59.5 Å². The lowest BCUT2D eigenvalue weighted by Crippen LogP contribution is -2.14. The number of para-hydroxylation sites is 1. The first kappa shape index (κ1) is 19.8. The SMILES string of the molecule is CCCCCCCNCc1ccc2c(c1)c1ccccc1n2CC.Cl. The minimum Gasteiger partial charge on any atom is -0.341 e. The second-order valence-electron chi connectivity index (χ2n) is 6.70. The summed E-state index contributed by atoms with van der Waals surface area (Å²) in [7, 11) is 0. The highest BCUT2D eigenvalue weighted by Gasteiger charge is 2.09. The van der Waals surface area contributed by atoms with Crippen molar-refractivity contribution in [3.05, 3.63) is 48.0 Å². The Hall–Kier alpha value is -1.51. The molecular formula is C22H31ClN2. The van der Waals surface area contributed by atoms with Crippen molar-refractivity contribution in [3.8, 4) is 0 Å². The zero-order valence-electron chi connectivity index (χ0n) is 15.6. The largest absolute Gasteiger partial charge is 0.341 e. The third-order valence-corrected chi connectivity index (χ3v) is 4.94. The molecule has 0 atom stereocenters. The Morgan fingerprint density at radius 2 is 1.60 bits per heavy atom. The number of nitrogens with one attached hydrogen (secondary N) is 1. The Morgan fingerprint density at radius 1 is 0.840 bits per heavy atom. The molecule has 3 aromatic rings. The highest BCUT2D eigenvalue weighted by molar-refractivity contribution is 6.08. The number of aryl methyl sites for hydroxylation is 1. The van der Waals surface area contributed by atoms with Gasteiger partial charge in [-0.15, -0.1) is 12.4 Å². The van der Waals surface area contributed by atoms with E-state index in [2.05, 4.69) is 66.2 Å². The van der Waals surface area contributed by atoms with Gasteiger partial charge in [0.15, 0.2) is 0 Å². The molecule has 0 radical (unpaired) electrons. The molecule has 0 saturated carbocycles. The molecule has 3 heteroatoms. The van der Waals surface area contributed by atoms with Crippen molar-refractivity contribution in [3.63, 3.8) is 0 Å². The molecule has 3 rings (SSSR count). The van der Waals surface area contributed by atoms with Crippen molar-refractivity contribution in [2.45, 2.75) is 59.0 Å². The molecule has 1 N–H and O–H groups in total. The van der Waals surface area contributed by atoms with Crippen LogP contribution in [0.2, 0.25) is 0 Å². The number of nitrogens with zero attached hydrogens (tertiary/aromatic N) is 1. The molecule has 0 saturated heterocycles. The molecule has 136 valence electrons. The molecule has 0 aliphatic carbocycles. The van der Waals surface area contributed by atoms with Crippen molar-refractivity contribution in [2.24, 2.45) is 0 Å². The van der Waals surface area contributed by atoms with Crippen LogP contribution < -0.4 is 5.32 Å². The number of aromatic nitrogens is 1. The first-order chi connectivity index (χ1) is 11.8. The number of hydrogen-bond acceptors (Lipinski definition) is 1. The maximum Gasteiger partial charge on any atom is 0.0491 e. The summed E-state index contributed by atoms with van der Waals surface area (Å²) in [6.45, 7) is 7.59. The second-order valence-corrected chi connectivity index (χ2v) is 6.70. The van der Waals surface area contributed by atoms with Gasteiger partial charge >= 0.3 is 0 Å². The maximum absolute atomic E-state index is 3.61. The quantitative estimate of drug-likeness (QED) is 0.444. The Kier molecular flexibility index (Phi) is 7.80. The summed E-state index contributed by atoms with van der Waals surface area (Å²) >= 11 is 0. The van der Waals surface area contributed by atoms with Crippen molar-refractivity contribution in [1.82, 2.24) is 9.88 Å². The first-order valence-corrected chi connectivity index (χ1v) is 9.55. The van der Waals surface area contributed by atoms with Crippen molar-refractivity contribution < 1.29 is 0 Å². The van der Waals surface area contributed by atoms with Gasteiger partial charge in [-0.25, -0.2) is 0 Å². The van der Waals surface area contributed by atoms with Gasteiger partial charge in [0.05, 0.1) is 0 Å². The van der Waals surface area contributed by atoms with Gasteiger partial charge in [0.2, 0.25) is 0 Å². The molecule has 2 nitrogen and oxygen atoms in total. The van der Waals surface area contributed by atoms with Gasteiger partial charge in [0, 0.05) is 34.9 Å². The Morgan fingerprint density at radius 3 is 2.40 bits per heavy atom. The van der Waals surface area contributed by atoms with Crippen LogP contribution in [0.3, 0.4) is 0 Å². The Balaban J connectivity index is 0.00000225. The molecule has 1 aromatic heterocycles. The minimum atomic E-state index is 0. The molecule has 0 fully saturated rings. The molecule has 0 unspecified atom stereocenters. The fourth-order valence-electron chi connectivity index (χ4n) is 3.64. The third kappa shape index (κ3) is 4.56. The summed E-state index contributed by atoms with van der Waals surface area (Å²) in [5.74, 6) is 0. The number of hydrogen-bond donors (Lipinski definition) is 1. The van der Waals surface area contributed by atoms with Crippen molar-refractivity contribution in [1.29, 1.82) is 0 Å². The van der Waals surface area contributed by atoms with E-state index in [4.69, 9.17) is 0 Å². The summed E-state index contributed by atoms with van der Waals surface area (Å²) in [6.07, 6.45) is 6.71. The molecule has 0 aliphatic rings. The zero-order chi connectivity index (χ0) is 16.8. The summed E-state index contributed by atoms with van der Waals surface area (Å²) in [4.78, 5) is 0. The third-order valence-electron chi connectivity index (χ3n) is 4.94. The number of unbranched alkanes of at least 4 members (excludes halogenated alkanes) is 4. The lowest BCUT2D eigenvalue weighted by atomic mass is 10.1. The van der Waals surface area contributed by atoms with Gasteiger partial charge in [-0.2, -0.15) is 0 Å². The van der Waals surface area contributed by atoms with Crippen molar-refractivity contribution in [2.75, 3.05) is 6.54 Å². The highest BCUT2D eigenvalue weighted by atomic mass is 35.5. The van der Waals surface area contributed by atoms with E-state index in [1.54, 1.807) is 0 Å². The normalized spacial score (nSPS) is 11.1. The van der Waals surface area contributed by atoms with E-state index in [-0.39, 0.29) is 12.4 Å². The van der Waals surface area contributed by atoms with Crippen LogP contribution in [0.1, 0.15) is 51.5 Å². The molecule has 0 amide bonds. The van der Waals surface area contributed by atoms with E-state index < -0.39 is 0 Å². The van der Waals surface area contributed by atoms with Crippen LogP contribution >= 0.6 is 12.4 Å². The van der Waals surface area contributed by atoms with Gasteiger partial charge in [0.25, 0.3) is 0 Å². The lowest BCUT2D eigenvalue weighted by Gasteiger charge is -2.06. The molecule has 0 bridgehead atoms. The topological polar surface area (TPSA) is 17.0 Å². The smallest absolute Gasteiger partial charge is 0.0491 e. The zero-order valence-corrected chi connectivity index (χ0v) is 16.4. The predicted octanol–water partition coefficient (Wildman–Crippen LogP) is 6.30. The second kappa shape index (κ2) is 9.84. The molecule has 1 heterocycles. The van der Waals surface area contributed by atoms with Crippen LogP contribution in [0.15, 0.2) is 42.5 Å². The van der Waals surface area contributed by atoms with Crippen LogP contribution in [0, 0.1) is 0 Å². The average molecular weight is 359 g/mol. The monoisotopic (exact) mass is 358 g/mol. The summed E-state index contributed by atoms with van der Waals surface area (Å²) in [6, 6.07) is 15.7. The summed E-state index contributed by atoms with van der Waals surface area (Å²) in [5.41, 5.74) is 4.08. The molecule has 0 spiro atoms. The van der Waals surface area contributed by atoms with Gasteiger partial charge in [-0.1, -0.05) is 56.9 Å². The molecule has 2 aromatic carbocycles. The number of halogens is 1. The average Bonchev–Trinajstić information content (AvgIpc) is 2.94. The van der Waals surface area contributed by atoms with Crippen LogP contribution in [0.25, 0.3) is 21.8 Å². The van der Waals surface area contributed by atoms with Gasteiger partial charge in [-0.3, -0.25) is 0 Å². The summed E-state index contributed by atoms with van der Waals surface area (Å²) < 4.78 is 2.41. The fourth-order valence-corrected chi connectivity index (χ4v) is 3.64. The standard InChI is InChI=1S/C22H30N2.ClH/c1-3-5-6-7-10-15-23-17-18-13-14-22-20(16-18)19-11-8-9-12-21(19)24(22)4-2;/h8-9,11-14,16,23H,3-7,10,15,17H2,1-2H3;1H. The van der Waals surface area contributed by atoms with E-state index in [0.29, 0.717) is 0 Å². The highest BCUT2D eigenvalue weighted by Crippen LogP contribution is 2.29. The number of benzene rings is 2. The summed E-state index contributed by atoms with van der Waals surface area (Å²) in [5, 5.41) is 6.36. The Labute approximate surface area is 158 Å². The number of fused-ring (bicyclic) bond motifs is 3. The van der Waals surface area contributed by atoms with E-state index in [9.17, 15) is 0 Å². The fraction of sp³-hybridized carbons (Fsp3) is 0.455. The van der Waals surface area contributed by atoms with Crippen LogP contribution in [0.5, 0.6) is 0 Å². The van der Waals surface area contributed by atoms with E-state index in [0.717, 1.165) is 19.6 Å². The van der Waals surface area contributed by atoms with E-state index >= 15 is 0 Å². The van der Waals surface area contributed by atoms with Gasteiger partial charge in [0.1, 0.15) is 0 Å². The van der Waals surface area contributed by atoms with Gasteiger partial charge < -0.3 is 9.88 Å². The van der Waals surface area contributed by atoms with Crippen LogP contribution in [0.4, 0.5) is 0 Å². The van der Waals surface area contributed by atoms with Crippen LogP contribution in [-0.2, 0) is 13.1 Å². The van der Waals surface area contributed by atoms with E-state index in [1.807, 2.05) is 0 Å². The predicted molar refractivity (Wildman–Crippen MR) is 113 cm³/mol. The Bertz CT molecular complexity index is 791. The minimum absolute atomic E-state index is 0.